The standard InChI is InChI=1S/C23H24N2O4/c1-14-8-10-16(11-9-14)18-19-17(24-25-21(19)26)12-23(2,28)20(18)22(27)29-13-15-6-4-3-5-7-15/h3-11,18,20,28H,12-13H2,1-2H3,(H2,24,25,26)/t18-,20-,23+/m0/s1. The quantitative estimate of drug-likeness (QED) is 0.595. The zero-order chi connectivity index (χ0) is 20.6. The molecule has 0 unspecified atom stereocenters. The van der Waals surface area contributed by atoms with Crippen LogP contribution in [0.4, 0.5) is 0 Å². The monoisotopic (exact) mass is 392 g/mol. The van der Waals surface area contributed by atoms with Crippen molar-refractivity contribution in [3.8, 4) is 0 Å². The van der Waals surface area contributed by atoms with Crippen molar-refractivity contribution in [2.24, 2.45) is 5.92 Å². The van der Waals surface area contributed by atoms with Crippen molar-refractivity contribution < 1.29 is 14.6 Å². The maximum Gasteiger partial charge on any atom is 0.313 e. The first-order valence-corrected chi connectivity index (χ1v) is 9.66. The van der Waals surface area contributed by atoms with Gasteiger partial charge in [0.1, 0.15) is 6.61 Å². The van der Waals surface area contributed by atoms with Gasteiger partial charge >= 0.3 is 5.97 Å². The van der Waals surface area contributed by atoms with Gasteiger partial charge in [-0.05, 0) is 25.0 Å². The summed E-state index contributed by atoms with van der Waals surface area (Å²) in [5.41, 5.74) is 2.19. The van der Waals surface area contributed by atoms with Gasteiger partial charge in [0.05, 0.1) is 11.5 Å². The molecule has 1 aromatic heterocycles. The number of fused-ring (bicyclic) bond motifs is 1. The summed E-state index contributed by atoms with van der Waals surface area (Å²) >= 11 is 0. The van der Waals surface area contributed by atoms with Crippen molar-refractivity contribution in [2.75, 3.05) is 0 Å². The first-order chi connectivity index (χ1) is 13.9. The Balaban J connectivity index is 1.74. The zero-order valence-corrected chi connectivity index (χ0v) is 16.4. The van der Waals surface area contributed by atoms with E-state index in [1.807, 2.05) is 61.5 Å². The van der Waals surface area contributed by atoms with Crippen LogP contribution in [0.1, 0.15) is 40.8 Å². The SMILES string of the molecule is Cc1ccc([C@H]2c3c([nH][nH]c3=O)C[C@@](C)(O)[C@@H]2C(=O)OCc2ccccc2)cc1. The molecule has 0 aliphatic heterocycles. The van der Waals surface area contributed by atoms with Crippen molar-refractivity contribution in [3.63, 3.8) is 0 Å². The van der Waals surface area contributed by atoms with Gasteiger partial charge in [-0.15, -0.1) is 0 Å². The van der Waals surface area contributed by atoms with E-state index in [2.05, 4.69) is 10.2 Å². The van der Waals surface area contributed by atoms with Gasteiger partial charge < -0.3 is 14.9 Å². The Morgan fingerprint density at radius 2 is 1.83 bits per heavy atom. The van der Waals surface area contributed by atoms with Crippen molar-refractivity contribution in [1.29, 1.82) is 0 Å². The van der Waals surface area contributed by atoms with Gasteiger partial charge in [-0.25, -0.2) is 0 Å². The molecule has 6 heteroatoms. The van der Waals surface area contributed by atoms with Crippen LogP contribution in [0, 0.1) is 12.8 Å². The van der Waals surface area contributed by atoms with Crippen LogP contribution in [0.2, 0.25) is 0 Å². The Morgan fingerprint density at radius 1 is 1.14 bits per heavy atom. The molecule has 1 aliphatic carbocycles. The smallest absolute Gasteiger partial charge is 0.313 e. The van der Waals surface area contributed by atoms with Crippen LogP contribution in [-0.4, -0.2) is 26.9 Å². The van der Waals surface area contributed by atoms with E-state index in [9.17, 15) is 14.7 Å². The molecule has 1 aliphatic rings. The Kier molecular flexibility index (Phi) is 4.88. The predicted octanol–water partition coefficient (Wildman–Crippen LogP) is 2.81. The number of rotatable bonds is 4. The second kappa shape index (κ2) is 7.37. The Bertz CT molecular complexity index is 1060. The van der Waals surface area contributed by atoms with Crippen molar-refractivity contribution in [3.05, 3.63) is 92.9 Å². The summed E-state index contributed by atoms with van der Waals surface area (Å²) in [6.07, 6.45) is 0.161. The highest BCUT2D eigenvalue weighted by atomic mass is 16.5. The number of hydrogen-bond donors (Lipinski definition) is 3. The van der Waals surface area contributed by atoms with E-state index in [1.54, 1.807) is 6.92 Å². The third-order valence-electron chi connectivity index (χ3n) is 5.66. The van der Waals surface area contributed by atoms with Gasteiger partial charge in [-0.2, -0.15) is 0 Å². The summed E-state index contributed by atoms with van der Waals surface area (Å²) in [7, 11) is 0. The zero-order valence-electron chi connectivity index (χ0n) is 16.4. The second-order valence-corrected chi connectivity index (χ2v) is 7.96. The lowest BCUT2D eigenvalue weighted by Crippen LogP contribution is -2.50. The van der Waals surface area contributed by atoms with E-state index in [0.717, 1.165) is 16.7 Å². The fourth-order valence-corrected chi connectivity index (χ4v) is 4.21. The molecule has 3 N–H and O–H groups in total. The average molecular weight is 392 g/mol. The van der Waals surface area contributed by atoms with E-state index in [1.165, 1.54) is 0 Å². The predicted molar refractivity (Wildman–Crippen MR) is 108 cm³/mol. The van der Waals surface area contributed by atoms with E-state index < -0.39 is 23.4 Å². The second-order valence-electron chi connectivity index (χ2n) is 7.96. The van der Waals surface area contributed by atoms with Gasteiger partial charge in [-0.3, -0.25) is 14.7 Å². The molecule has 4 rings (SSSR count). The number of aromatic nitrogens is 2. The molecular formula is C23H24N2O4. The van der Waals surface area contributed by atoms with E-state index >= 15 is 0 Å². The number of aromatic amines is 2. The fraction of sp³-hybridized carbons (Fsp3) is 0.304. The maximum atomic E-state index is 13.2. The van der Waals surface area contributed by atoms with Crippen molar-refractivity contribution in [2.45, 2.75) is 38.4 Å². The minimum Gasteiger partial charge on any atom is -0.460 e. The van der Waals surface area contributed by atoms with Crippen LogP contribution in [-0.2, 0) is 22.6 Å². The molecule has 0 bridgehead atoms. The number of carbonyl (C=O) groups excluding carboxylic acids is 1. The van der Waals surface area contributed by atoms with Crippen LogP contribution < -0.4 is 5.56 Å². The molecule has 3 atom stereocenters. The number of nitrogens with one attached hydrogen (secondary N) is 2. The number of esters is 1. The minimum absolute atomic E-state index is 0.114. The highest BCUT2D eigenvalue weighted by Crippen LogP contribution is 2.44. The molecule has 3 aromatic rings. The molecule has 6 nitrogen and oxygen atoms in total. The lowest BCUT2D eigenvalue weighted by Gasteiger charge is -2.40. The molecule has 0 saturated carbocycles. The summed E-state index contributed by atoms with van der Waals surface area (Å²) in [5.74, 6) is -2.03. The molecule has 150 valence electrons. The number of benzene rings is 2. The van der Waals surface area contributed by atoms with E-state index in [4.69, 9.17) is 4.74 Å². The largest absolute Gasteiger partial charge is 0.460 e. The fourth-order valence-electron chi connectivity index (χ4n) is 4.21. The molecule has 0 amide bonds. The summed E-state index contributed by atoms with van der Waals surface area (Å²) in [5, 5.41) is 16.7. The lowest BCUT2D eigenvalue weighted by molar-refractivity contribution is -0.161. The van der Waals surface area contributed by atoms with Gasteiger partial charge in [0.2, 0.25) is 0 Å². The lowest BCUT2D eigenvalue weighted by atomic mass is 9.66. The number of H-pyrrole nitrogens is 2. The van der Waals surface area contributed by atoms with E-state index in [-0.39, 0.29) is 18.6 Å². The number of hydrogen-bond acceptors (Lipinski definition) is 4. The summed E-state index contributed by atoms with van der Waals surface area (Å²) in [4.78, 5) is 25.7. The number of aliphatic hydroxyl groups is 1. The number of aryl methyl sites for hydroxylation is 1. The molecule has 29 heavy (non-hydrogen) atoms. The first kappa shape index (κ1) is 19.2. The highest BCUT2D eigenvalue weighted by Gasteiger charge is 2.51. The third-order valence-corrected chi connectivity index (χ3v) is 5.66. The number of ether oxygens (including phenoxy) is 1. The van der Waals surface area contributed by atoms with Crippen LogP contribution in [0.15, 0.2) is 59.4 Å². The minimum atomic E-state index is -1.37. The van der Waals surface area contributed by atoms with Gasteiger partial charge in [-0.1, -0.05) is 60.2 Å². The van der Waals surface area contributed by atoms with Gasteiger partial charge in [0, 0.05) is 23.6 Å². The number of carbonyl (C=O) groups is 1. The maximum absolute atomic E-state index is 13.2. The Morgan fingerprint density at radius 3 is 2.52 bits per heavy atom. The van der Waals surface area contributed by atoms with Gasteiger partial charge in [0.15, 0.2) is 0 Å². The van der Waals surface area contributed by atoms with Gasteiger partial charge in [0.25, 0.3) is 5.56 Å². The topological polar surface area (TPSA) is 95.2 Å². The van der Waals surface area contributed by atoms with E-state index in [0.29, 0.717) is 11.3 Å². The average Bonchev–Trinajstić information content (AvgIpc) is 3.05. The first-order valence-electron chi connectivity index (χ1n) is 9.66. The summed E-state index contributed by atoms with van der Waals surface area (Å²) < 4.78 is 5.59. The molecule has 0 saturated heterocycles. The third kappa shape index (κ3) is 3.63. The van der Waals surface area contributed by atoms with Crippen LogP contribution in [0.25, 0.3) is 0 Å². The molecule has 0 spiro atoms. The highest BCUT2D eigenvalue weighted by molar-refractivity contribution is 5.77. The summed E-state index contributed by atoms with van der Waals surface area (Å²) in [6.45, 7) is 3.71. The molecule has 1 heterocycles. The molecule has 2 aromatic carbocycles. The van der Waals surface area contributed by atoms with Crippen LogP contribution in [0.5, 0.6) is 0 Å². The molecule has 0 radical (unpaired) electrons. The molecular weight excluding hydrogens is 368 g/mol. The van der Waals surface area contributed by atoms with Crippen LogP contribution in [0.3, 0.4) is 0 Å². The van der Waals surface area contributed by atoms with Crippen molar-refractivity contribution >= 4 is 5.97 Å². The molecule has 0 fully saturated rings. The summed E-state index contributed by atoms with van der Waals surface area (Å²) in [6, 6.07) is 17.1. The normalized spacial score (nSPS) is 23.4. The van der Waals surface area contributed by atoms with Crippen molar-refractivity contribution in [1.82, 2.24) is 10.2 Å². The Hall–Kier alpha value is -3.12. The van der Waals surface area contributed by atoms with Crippen LogP contribution >= 0.6 is 0 Å². The Labute approximate surface area is 168 Å².